The van der Waals surface area contributed by atoms with Gasteiger partial charge in [-0.3, -0.25) is 4.79 Å². The quantitative estimate of drug-likeness (QED) is 0.782. The molecule has 0 fully saturated rings. The van der Waals surface area contributed by atoms with Gasteiger partial charge in [0.05, 0.1) is 13.0 Å². The fourth-order valence-corrected chi connectivity index (χ4v) is 1.85. The van der Waals surface area contributed by atoms with Gasteiger partial charge in [-0.2, -0.15) is 0 Å². The number of anilines is 2. The predicted octanol–water partition coefficient (Wildman–Crippen LogP) is 1.81. The summed E-state index contributed by atoms with van der Waals surface area (Å²) in [5.41, 5.74) is 7.37. The second kappa shape index (κ2) is 3.43. The van der Waals surface area contributed by atoms with E-state index in [-0.39, 0.29) is 12.3 Å². The number of carbonyl (C=O) groups excluding carboxylic acids is 1. The maximum atomic E-state index is 12.9. The summed E-state index contributed by atoms with van der Waals surface area (Å²) in [6, 6.07) is 4.88. The van der Waals surface area contributed by atoms with Crippen molar-refractivity contribution < 1.29 is 13.6 Å². The van der Waals surface area contributed by atoms with E-state index in [0.29, 0.717) is 16.9 Å². The number of nitrogens with two attached hydrogens (primary N) is 1. The highest BCUT2D eigenvalue weighted by Gasteiger charge is 2.34. The van der Waals surface area contributed by atoms with Crippen LogP contribution in [-0.2, 0) is 11.2 Å². The Kier molecular flexibility index (Phi) is 2.33. The SMILES string of the molecule is CC(F)(F)CN1C(=O)Cc2cc(N)ccc21. The number of benzene rings is 1. The topological polar surface area (TPSA) is 46.3 Å². The number of carbonyl (C=O) groups is 1. The average Bonchev–Trinajstić information content (AvgIpc) is 2.40. The third-order valence-electron chi connectivity index (χ3n) is 2.47. The summed E-state index contributed by atoms with van der Waals surface area (Å²) in [4.78, 5) is 12.7. The summed E-state index contributed by atoms with van der Waals surface area (Å²) in [7, 11) is 0. The molecule has 0 saturated carbocycles. The molecule has 0 radical (unpaired) electrons. The van der Waals surface area contributed by atoms with Gasteiger partial charge in [0.2, 0.25) is 5.91 Å². The number of amides is 1. The van der Waals surface area contributed by atoms with Gasteiger partial charge in [0.15, 0.2) is 0 Å². The molecule has 0 unspecified atom stereocenters. The monoisotopic (exact) mass is 226 g/mol. The van der Waals surface area contributed by atoms with Crippen LogP contribution in [0.5, 0.6) is 0 Å². The van der Waals surface area contributed by atoms with E-state index < -0.39 is 12.5 Å². The Morgan fingerprint density at radius 1 is 1.50 bits per heavy atom. The molecule has 2 N–H and O–H groups in total. The minimum atomic E-state index is -2.89. The lowest BCUT2D eigenvalue weighted by Gasteiger charge is -2.21. The molecule has 0 atom stereocenters. The number of hydrogen-bond donors (Lipinski definition) is 1. The van der Waals surface area contributed by atoms with E-state index in [2.05, 4.69) is 0 Å². The van der Waals surface area contributed by atoms with Crippen LogP contribution < -0.4 is 10.6 Å². The summed E-state index contributed by atoms with van der Waals surface area (Å²) >= 11 is 0. The zero-order valence-electron chi connectivity index (χ0n) is 8.84. The standard InChI is InChI=1S/C11H12F2N2O/c1-11(12,13)6-15-9-3-2-8(14)4-7(9)5-10(15)16/h2-4H,5-6,14H2,1H3. The Balaban J connectivity index is 2.33. The molecule has 1 heterocycles. The highest BCUT2D eigenvalue weighted by molar-refractivity contribution is 6.01. The molecule has 0 spiro atoms. The first-order valence-electron chi connectivity index (χ1n) is 4.93. The van der Waals surface area contributed by atoms with E-state index in [1.54, 1.807) is 18.2 Å². The highest BCUT2D eigenvalue weighted by atomic mass is 19.3. The van der Waals surface area contributed by atoms with Crippen LogP contribution in [0.3, 0.4) is 0 Å². The van der Waals surface area contributed by atoms with Crippen LogP contribution in [0.25, 0.3) is 0 Å². The van der Waals surface area contributed by atoms with Crippen molar-refractivity contribution in [1.82, 2.24) is 0 Å². The number of alkyl halides is 2. The van der Waals surface area contributed by atoms with Crippen molar-refractivity contribution in [1.29, 1.82) is 0 Å². The van der Waals surface area contributed by atoms with Crippen LogP contribution in [0.2, 0.25) is 0 Å². The maximum Gasteiger partial charge on any atom is 0.263 e. The molecule has 3 nitrogen and oxygen atoms in total. The van der Waals surface area contributed by atoms with Gasteiger partial charge in [0.25, 0.3) is 5.92 Å². The molecule has 1 amide bonds. The smallest absolute Gasteiger partial charge is 0.263 e. The van der Waals surface area contributed by atoms with Crippen molar-refractivity contribution in [2.24, 2.45) is 0 Å². The molecule has 1 aliphatic heterocycles. The zero-order chi connectivity index (χ0) is 11.9. The highest BCUT2D eigenvalue weighted by Crippen LogP contribution is 2.32. The number of rotatable bonds is 2. The Bertz CT molecular complexity index is 440. The Morgan fingerprint density at radius 2 is 2.19 bits per heavy atom. The molecule has 0 aromatic heterocycles. The van der Waals surface area contributed by atoms with Gasteiger partial charge >= 0.3 is 0 Å². The minimum absolute atomic E-state index is 0.149. The molecule has 1 aliphatic rings. The summed E-state index contributed by atoms with van der Waals surface area (Å²) in [6.07, 6.45) is 0.149. The molecular weight excluding hydrogens is 214 g/mol. The summed E-state index contributed by atoms with van der Waals surface area (Å²) in [6.45, 7) is 0.221. The largest absolute Gasteiger partial charge is 0.399 e. The van der Waals surface area contributed by atoms with Gasteiger partial charge in [-0.25, -0.2) is 8.78 Å². The number of halogens is 2. The molecule has 1 aromatic rings. The Hall–Kier alpha value is -1.65. The molecule has 16 heavy (non-hydrogen) atoms. The van der Waals surface area contributed by atoms with E-state index >= 15 is 0 Å². The first-order valence-corrected chi connectivity index (χ1v) is 4.93. The third kappa shape index (κ3) is 1.98. The summed E-state index contributed by atoms with van der Waals surface area (Å²) < 4.78 is 25.8. The predicted molar refractivity (Wildman–Crippen MR) is 57.5 cm³/mol. The molecule has 0 aliphatic carbocycles. The zero-order valence-corrected chi connectivity index (χ0v) is 8.84. The second-order valence-corrected chi connectivity index (χ2v) is 4.12. The van der Waals surface area contributed by atoms with E-state index in [9.17, 15) is 13.6 Å². The first-order chi connectivity index (χ1) is 7.37. The van der Waals surface area contributed by atoms with E-state index in [4.69, 9.17) is 5.73 Å². The minimum Gasteiger partial charge on any atom is -0.399 e. The summed E-state index contributed by atoms with van der Waals surface area (Å²) in [5, 5.41) is 0. The molecule has 5 heteroatoms. The third-order valence-corrected chi connectivity index (χ3v) is 2.47. The number of nitrogen functional groups attached to an aromatic ring is 1. The van der Waals surface area contributed by atoms with Crippen LogP contribution in [0.15, 0.2) is 18.2 Å². The lowest BCUT2D eigenvalue weighted by atomic mass is 10.1. The van der Waals surface area contributed by atoms with Crippen LogP contribution in [0, 0.1) is 0 Å². The first kappa shape index (κ1) is 10.9. The van der Waals surface area contributed by atoms with Crippen LogP contribution >= 0.6 is 0 Å². The molecule has 0 bridgehead atoms. The number of fused-ring (bicyclic) bond motifs is 1. The Morgan fingerprint density at radius 3 is 2.81 bits per heavy atom. The van der Waals surface area contributed by atoms with E-state index in [1.165, 1.54) is 0 Å². The van der Waals surface area contributed by atoms with Gasteiger partial charge in [-0.1, -0.05) is 0 Å². The van der Waals surface area contributed by atoms with Crippen LogP contribution in [-0.4, -0.2) is 18.4 Å². The van der Waals surface area contributed by atoms with Gasteiger partial charge < -0.3 is 10.6 Å². The average molecular weight is 226 g/mol. The molecular formula is C11H12F2N2O. The second-order valence-electron chi connectivity index (χ2n) is 4.12. The van der Waals surface area contributed by atoms with Crippen molar-refractivity contribution in [3.8, 4) is 0 Å². The summed E-state index contributed by atoms with van der Waals surface area (Å²) in [5.74, 6) is -3.19. The fraction of sp³-hybridized carbons (Fsp3) is 0.364. The van der Waals surface area contributed by atoms with Gasteiger partial charge in [-0.05, 0) is 23.8 Å². The van der Waals surface area contributed by atoms with Crippen molar-refractivity contribution in [3.05, 3.63) is 23.8 Å². The van der Waals surface area contributed by atoms with Crippen molar-refractivity contribution in [2.75, 3.05) is 17.2 Å². The Labute approximate surface area is 91.8 Å². The molecule has 2 rings (SSSR count). The van der Waals surface area contributed by atoms with Crippen LogP contribution in [0.1, 0.15) is 12.5 Å². The normalized spacial score (nSPS) is 15.4. The van der Waals surface area contributed by atoms with E-state index in [0.717, 1.165) is 11.8 Å². The van der Waals surface area contributed by atoms with Gasteiger partial charge in [0, 0.05) is 18.3 Å². The lowest BCUT2D eigenvalue weighted by molar-refractivity contribution is -0.118. The van der Waals surface area contributed by atoms with Crippen LogP contribution in [0.4, 0.5) is 20.2 Å². The van der Waals surface area contributed by atoms with Crippen molar-refractivity contribution >= 4 is 17.3 Å². The van der Waals surface area contributed by atoms with Gasteiger partial charge in [-0.15, -0.1) is 0 Å². The molecule has 1 aromatic carbocycles. The van der Waals surface area contributed by atoms with Crippen molar-refractivity contribution in [3.63, 3.8) is 0 Å². The van der Waals surface area contributed by atoms with E-state index in [1.807, 2.05) is 0 Å². The van der Waals surface area contributed by atoms with Gasteiger partial charge in [0.1, 0.15) is 0 Å². The van der Waals surface area contributed by atoms with Crippen molar-refractivity contribution in [2.45, 2.75) is 19.3 Å². The number of nitrogens with zero attached hydrogens (tertiary/aromatic N) is 1. The molecule has 86 valence electrons. The number of hydrogen-bond acceptors (Lipinski definition) is 2. The molecule has 0 saturated heterocycles. The maximum absolute atomic E-state index is 12.9. The fourth-order valence-electron chi connectivity index (χ4n) is 1.85. The lowest BCUT2D eigenvalue weighted by Crippen LogP contribution is -2.37.